The first-order chi connectivity index (χ1) is 14.9. The molecule has 1 atom stereocenters. The molecule has 4 heterocycles. The number of rotatable bonds is 1. The molecule has 1 aromatic carbocycles. The average molecular weight is 433 g/mol. The molecule has 158 valence electrons. The lowest BCUT2D eigenvalue weighted by atomic mass is 9.96. The quantitative estimate of drug-likeness (QED) is 0.468. The number of benzene rings is 1. The molecule has 5 rings (SSSR count). The normalized spacial score (nSPS) is 15.2. The maximum absolute atomic E-state index is 6.36. The maximum Gasteiger partial charge on any atom is 0.166 e. The molecule has 0 saturated carbocycles. The molecular formula is C23H24N6OS. The van der Waals surface area contributed by atoms with E-state index in [0.717, 1.165) is 38.8 Å². The van der Waals surface area contributed by atoms with E-state index in [4.69, 9.17) is 15.5 Å². The van der Waals surface area contributed by atoms with Crippen LogP contribution in [0.15, 0.2) is 30.5 Å². The molecule has 1 unspecified atom stereocenters. The predicted octanol–water partition coefficient (Wildman–Crippen LogP) is 4.73. The van der Waals surface area contributed by atoms with E-state index in [1.165, 1.54) is 10.4 Å². The number of thiazole rings is 1. The van der Waals surface area contributed by atoms with Crippen LogP contribution in [-0.4, -0.2) is 25.0 Å². The third kappa shape index (κ3) is 3.37. The number of aromatic nitrogens is 5. The summed E-state index contributed by atoms with van der Waals surface area (Å²) in [7, 11) is 0. The summed E-state index contributed by atoms with van der Waals surface area (Å²) >= 11 is 1.70. The van der Waals surface area contributed by atoms with Gasteiger partial charge in [0.1, 0.15) is 6.10 Å². The van der Waals surface area contributed by atoms with Gasteiger partial charge in [-0.3, -0.25) is 0 Å². The summed E-state index contributed by atoms with van der Waals surface area (Å²) in [4.78, 5) is 10.5. The molecule has 0 fully saturated rings. The largest absolute Gasteiger partial charge is 0.482 e. The first-order valence-corrected chi connectivity index (χ1v) is 11.2. The van der Waals surface area contributed by atoms with Crippen molar-refractivity contribution in [1.82, 2.24) is 25.0 Å². The molecule has 3 aromatic heterocycles. The Morgan fingerprint density at radius 2 is 2.10 bits per heavy atom. The van der Waals surface area contributed by atoms with E-state index in [1.54, 1.807) is 17.5 Å². The molecule has 0 aliphatic carbocycles. The van der Waals surface area contributed by atoms with Crippen LogP contribution >= 0.6 is 11.3 Å². The van der Waals surface area contributed by atoms with Gasteiger partial charge in [0.15, 0.2) is 11.6 Å². The van der Waals surface area contributed by atoms with E-state index < -0.39 is 0 Å². The Bertz CT molecular complexity index is 1290. The predicted molar refractivity (Wildman–Crippen MR) is 122 cm³/mol. The van der Waals surface area contributed by atoms with Crippen LogP contribution < -0.4 is 10.5 Å². The zero-order valence-corrected chi connectivity index (χ0v) is 18.8. The number of nitrogens with two attached hydrogens (primary N) is 1. The lowest BCUT2D eigenvalue weighted by Crippen LogP contribution is -2.09. The molecule has 4 aromatic rings. The highest BCUT2D eigenvalue weighted by molar-refractivity contribution is 7.12. The maximum atomic E-state index is 6.36. The highest BCUT2D eigenvalue weighted by Crippen LogP contribution is 2.39. The molecule has 8 heteroatoms. The Kier molecular flexibility index (Phi) is 4.74. The van der Waals surface area contributed by atoms with Gasteiger partial charge in [-0.1, -0.05) is 29.0 Å². The van der Waals surface area contributed by atoms with E-state index >= 15 is 0 Å². The lowest BCUT2D eigenvalue weighted by Gasteiger charge is -2.21. The number of nitrogen functional groups attached to an aromatic ring is 1. The highest BCUT2D eigenvalue weighted by atomic mass is 32.1. The fraction of sp³-hybridized carbons (Fsp3) is 0.304. The molecule has 1 aliphatic rings. The van der Waals surface area contributed by atoms with Crippen molar-refractivity contribution >= 4 is 17.2 Å². The van der Waals surface area contributed by atoms with E-state index in [2.05, 4.69) is 47.3 Å². The zero-order chi connectivity index (χ0) is 21.7. The highest BCUT2D eigenvalue weighted by Gasteiger charge is 2.25. The summed E-state index contributed by atoms with van der Waals surface area (Å²) in [5, 5.41) is 9.93. The number of anilines is 1. The topological polar surface area (TPSA) is 91.7 Å². The van der Waals surface area contributed by atoms with Gasteiger partial charge in [0.25, 0.3) is 0 Å². The van der Waals surface area contributed by atoms with Crippen molar-refractivity contribution in [2.45, 2.75) is 46.8 Å². The van der Waals surface area contributed by atoms with Gasteiger partial charge in [-0.2, -0.15) is 0 Å². The van der Waals surface area contributed by atoms with E-state index in [1.807, 2.05) is 24.6 Å². The van der Waals surface area contributed by atoms with Crippen LogP contribution in [-0.2, 0) is 13.0 Å². The minimum atomic E-state index is -0.225. The van der Waals surface area contributed by atoms with E-state index in [0.29, 0.717) is 24.5 Å². The second-order valence-corrected chi connectivity index (χ2v) is 9.13. The van der Waals surface area contributed by atoms with Gasteiger partial charge >= 0.3 is 0 Å². The number of pyridine rings is 1. The molecule has 0 saturated heterocycles. The molecule has 7 nitrogen and oxygen atoms in total. The van der Waals surface area contributed by atoms with Crippen molar-refractivity contribution in [1.29, 1.82) is 0 Å². The lowest BCUT2D eigenvalue weighted by molar-refractivity contribution is 0.228. The second kappa shape index (κ2) is 7.46. The van der Waals surface area contributed by atoms with Crippen LogP contribution in [0.3, 0.4) is 0 Å². The Morgan fingerprint density at radius 3 is 2.90 bits per heavy atom. The minimum Gasteiger partial charge on any atom is -0.482 e. The molecule has 31 heavy (non-hydrogen) atoms. The van der Waals surface area contributed by atoms with E-state index in [-0.39, 0.29) is 6.10 Å². The summed E-state index contributed by atoms with van der Waals surface area (Å²) in [5.74, 6) is 0.923. The van der Waals surface area contributed by atoms with Gasteiger partial charge in [-0.25, -0.2) is 14.6 Å². The van der Waals surface area contributed by atoms with Crippen molar-refractivity contribution in [3.05, 3.63) is 57.2 Å². The van der Waals surface area contributed by atoms with Crippen molar-refractivity contribution < 1.29 is 4.74 Å². The molecule has 0 radical (unpaired) electrons. The molecule has 0 amide bonds. The van der Waals surface area contributed by atoms with Crippen molar-refractivity contribution in [2.75, 3.05) is 5.73 Å². The molecule has 1 aliphatic heterocycles. The summed E-state index contributed by atoms with van der Waals surface area (Å²) < 4.78 is 8.26. The van der Waals surface area contributed by atoms with Crippen molar-refractivity contribution in [3.8, 4) is 28.3 Å². The zero-order valence-electron chi connectivity index (χ0n) is 18.0. The van der Waals surface area contributed by atoms with Crippen LogP contribution in [0.1, 0.15) is 46.7 Å². The summed E-state index contributed by atoms with van der Waals surface area (Å²) in [5.41, 5.74) is 13.2. The number of hydrogen-bond acceptors (Lipinski definition) is 7. The van der Waals surface area contributed by atoms with Crippen LogP contribution in [0.25, 0.3) is 22.5 Å². The van der Waals surface area contributed by atoms with Gasteiger partial charge < -0.3 is 10.5 Å². The van der Waals surface area contributed by atoms with E-state index in [9.17, 15) is 0 Å². The van der Waals surface area contributed by atoms with Crippen LogP contribution in [0, 0.1) is 13.8 Å². The Morgan fingerprint density at radius 1 is 1.26 bits per heavy atom. The SMILES string of the molecule is CCn1nnc2c1-c1cnc(N)c(c1)OC(C)c1cc(C)ccc1-c1nc(C)sc1C2. The monoisotopic (exact) mass is 432 g/mol. The van der Waals surface area contributed by atoms with Gasteiger partial charge in [-0.15, -0.1) is 16.4 Å². The first kappa shape index (κ1) is 19.7. The number of ether oxygens (including phenoxy) is 1. The summed E-state index contributed by atoms with van der Waals surface area (Å²) in [6.07, 6.45) is 2.19. The van der Waals surface area contributed by atoms with Crippen LogP contribution in [0.4, 0.5) is 5.82 Å². The number of nitrogens with zero attached hydrogens (tertiary/aromatic N) is 5. The molecule has 0 spiro atoms. The Labute approximate surface area is 184 Å². The minimum absolute atomic E-state index is 0.225. The first-order valence-electron chi connectivity index (χ1n) is 10.4. The van der Waals surface area contributed by atoms with Crippen LogP contribution in [0.5, 0.6) is 5.75 Å². The van der Waals surface area contributed by atoms with Crippen molar-refractivity contribution in [3.63, 3.8) is 0 Å². The molecular weight excluding hydrogens is 408 g/mol. The Balaban J connectivity index is 1.81. The fourth-order valence-corrected chi connectivity index (χ4v) is 5.08. The molecule has 2 bridgehead atoms. The number of aryl methyl sites for hydroxylation is 3. The van der Waals surface area contributed by atoms with Crippen LogP contribution in [0.2, 0.25) is 0 Å². The third-order valence-corrected chi connectivity index (χ3v) is 6.57. The summed E-state index contributed by atoms with van der Waals surface area (Å²) in [6.45, 7) is 8.92. The molecule has 2 N–H and O–H groups in total. The Hall–Kier alpha value is -3.26. The average Bonchev–Trinajstić information content (AvgIpc) is 3.32. The number of fused-ring (bicyclic) bond motifs is 7. The summed E-state index contributed by atoms with van der Waals surface area (Å²) in [6, 6.07) is 8.36. The van der Waals surface area contributed by atoms with Gasteiger partial charge in [0.05, 0.1) is 22.1 Å². The van der Waals surface area contributed by atoms with Crippen molar-refractivity contribution in [2.24, 2.45) is 0 Å². The van der Waals surface area contributed by atoms with Gasteiger partial charge in [0, 0.05) is 40.7 Å². The van der Waals surface area contributed by atoms with Gasteiger partial charge in [-0.05, 0) is 33.8 Å². The van der Waals surface area contributed by atoms with Gasteiger partial charge in [0.2, 0.25) is 0 Å². The smallest absolute Gasteiger partial charge is 0.166 e. The fourth-order valence-electron chi connectivity index (χ4n) is 4.12. The standard InChI is InChI=1S/C23H24N6OS/c1-5-29-22-15-9-19(23(24)25-11-15)30-13(3)17-8-12(2)6-7-16(17)21-20(31-14(4)26-21)10-18(22)27-28-29/h6-9,11,13H,5,10H2,1-4H3,(H2,24,25). The second-order valence-electron chi connectivity index (χ2n) is 7.84. The number of hydrogen-bond donors (Lipinski definition) is 1. The third-order valence-electron chi connectivity index (χ3n) is 5.60.